The average Bonchev–Trinajstić information content (AvgIpc) is 2.92. The lowest BCUT2D eigenvalue weighted by Crippen LogP contribution is -2.13. The Morgan fingerprint density at radius 2 is 2.12 bits per heavy atom. The first-order valence-electron chi connectivity index (χ1n) is 7.31. The molecule has 0 bridgehead atoms. The highest BCUT2D eigenvalue weighted by atomic mass is 35.5. The van der Waals surface area contributed by atoms with Crippen LogP contribution in [-0.4, -0.2) is 26.9 Å². The van der Waals surface area contributed by atoms with Crippen molar-refractivity contribution in [2.24, 2.45) is 0 Å². The van der Waals surface area contributed by atoms with Gasteiger partial charge < -0.3 is 15.6 Å². The van der Waals surface area contributed by atoms with Crippen molar-refractivity contribution in [3.8, 4) is 0 Å². The van der Waals surface area contributed by atoms with Crippen molar-refractivity contribution in [2.45, 2.75) is 19.9 Å². The van der Waals surface area contributed by atoms with Gasteiger partial charge in [-0.2, -0.15) is 4.98 Å². The summed E-state index contributed by atoms with van der Waals surface area (Å²) in [4.78, 5) is 24.0. The van der Waals surface area contributed by atoms with Crippen LogP contribution in [0.3, 0.4) is 0 Å². The van der Waals surface area contributed by atoms with Gasteiger partial charge >= 0.3 is 0 Å². The van der Waals surface area contributed by atoms with Crippen LogP contribution >= 0.6 is 11.6 Å². The number of carbonyl (C=O) groups is 1. The van der Waals surface area contributed by atoms with Crippen LogP contribution in [0, 0.1) is 5.82 Å². The molecular formula is C16H15ClFN5O. The Labute approximate surface area is 142 Å². The van der Waals surface area contributed by atoms with E-state index in [9.17, 15) is 9.18 Å². The largest absolute Gasteiger partial charge is 0.354 e. The molecule has 0 saturated heterocycles. The summed E-state index contributed by atoms with van der Waals surface area (Å²) in [5, 5.41) is 5.75. The number of anilines is 2. The lowest BCUT2D eigenvalue weighted by atomic mass is 10.2. The van der Waals surface area contributed by atoms with E-state index in [1.807, 2.05) is 13.8 Å². The van der Waals surface area contributed by atoms with E-state index in [0.717, 1.165) is 0 Å². The molecule has 3 rings (SSSR count). The number of nitrogens with one attached hydrogen (secondary N) is 3. The lowest BCUT2D eigenvalue weighted by molar-refractivity contribution is 0.102. The number of H-pyrrole nitrogens is 1. The van der Waals surface area contributed by atoms with Crippen molar-refractivity contribution in [2.75, 3.05) is 10.6 Å². The normalized spacial score (nSPS) is 11.0. The molecule has 0 aliphatic rings. The Kier molecular flexibility index (Phi) is 4.35. The maximum atomic E-state index is 13.2. The molecule has 6 nitrogen and oxygen atoms in total. The third-order valence-electron chi connectivity index (χ3n) is 3.24. The van der Waals surface area contributed by atoms with Crippen LogP contribution in [0.15, 0.2) is 30.5 Å². The number of carbonyl (C=O) groups excluding carboxylic acids is 1. The molecule has 24 heavy (non-hydrogen) atoms. The fourth-order valence-electron chi connectivity index (χ4n) is 2.21. The average molecular weight is 348 g/mol. The number of hydrogen-bond donors (Lipinski definition) is 3. The summed E-state index contributed by atoms with van der Waals surface area (Å²) in [6.07, 6.45) is 1.51. The molecule has 1 aromatic carbocycles. The zero-order chi connectivity index (χ0) is 17.3. The zero-order valence-electron chi connectivity index (χ0n) is 13.0. The predicted molar refractivity (Wildman–Crippen MR) is 92.0 cm³/mol. The summed E-state index contributed by atoms with van der Waals surface area (Å²) in [5.74, 6) is -0.374. The quantitative estimate of drug-likeness (QED) is 0.670. The molecule has 2 aromatic heterocycles. The number of hydrogen-bond acceptors (Lipinski definition) is 4. The highest BCUT2D eigenvalue weighted by molar-refractivity contribution is 6.31. The van der Waals surface area contributed by atoms with Crippen molar-refractivity contribution in [3.05, 3.63) is 46.9 Å². The number of amides is 1. The molecule has 0 aliphatic carbocycles. The molecule has 124 valence electrons. The van der Waals surface area contributed by atoms with E-state index in [-0.39, 0.29) is 17.0 Å². The number of fused-ring (bicyclic) bond motifs is 1. The van der Waals surface area contributed by atoms with Gasteiger partial charge in [0.05, 0.1) is 16.1 Å². The van der Waals surface area contributed by atoms with Crippen LogP contribution in [0.4, 0.5) is 16.0 Å². The third kappa shape index (κ3) is 3.30. The molecular weight excluding hydrogens is 333 g/mol. The van der Waals surface area contributed by atoms with Gasteiger partial charge in [0.2, 0.25) is 5.95 Å². The number of pyridine rings is 1. The highest BCUT2D eigenvalue weighted by Gasteiger charge is 2.15. The number of imidazole rings is 1. The second kappa shape index (κ2) is 6.45. The van der Waals surface area contributed by atoms with Gasteiger partial charge in [0.25, 0.3) is 5.91 Å². The number of rotatable bonds is 4. The molecule has 0 atom stereocenters. The maximum absolute atomic E-state index is 13.2. The van der Waals surface area contributed by atoms with E-state index in [0.29, 0.717) is 28.4 Å². The monoisotopic (exact) mass is 347 g/mol. The van der Waals surface area contributed by atoms with E-state index in [4.69, 9.17) is 11.6 Å². The van der Waals surface area contributed by atoms with Crippen LogP contribution in [0.25, 0.3) is 11.2 Å². The minimum atomic E-state index is -0.543. The van der Waals surface area contributed by atoms with Crippen LogP contribution in [0.2, 0.25) is 5.02 Å². The van der Waals surface area contributed by atoms with Crippen LogP contribution in [0.1, 0.15) is 24.2 Å². The van der Waals surface area contributed by atoms with Gasteiger partial charge in [0.1, 0.15) is 5.82 Å². The number of aromatic amines is 1. The molecule has 8 heteroatoms. The van der Waals surface area contributed by atoms with E-state index >= 15 is 0 Å². The number of aromatic nitrogens is 3. The molecule has 0 unspecified atom stereocenters. The third-order valence-corrected chi connectivity index (χ3v) is 3.53. The number of nitrogens with zero attached hydrogens (tertiary/aromatic N) is 2. The van der Waals surface area contributed by atoms with Crippen LogP contribution in [-0.2, 0) is 0 Å². The molecule has 1 amide bonds. The first-order valence-corrected chi connectivity index (χ1v) is 7.69. The number of benzene rings is 1. The second-order valence-corrected chi connectivity index (χ2v) is 5.93. The SMILES string of the molecule is CC(C)Nc1nc2nccc(C(=O)Nc3ccc(F)c(Cl)c3)c2[nH]1. The van der Waals surface area contributed by atoms with Crippen LogP contribution in [0.5, 0.6) is 0 Å². The highest BCUT2D eigenvalue weighted by Crippen LogP contribution is 2.22. The molecule has 0 fully saturated rings. The van der Waals surface area contributed by atoms with E-state index < -0.39 is 5.82 Å². The van der Waals surface area contributed by atoms with E-state index in [1.54, 1.807) is 6.07 Å². The van der Waals surface area contributed by atoms with Gasteiger partial charge in [0, 0.05) is 17.9 Å². The summed E-state index contributed by atoms with van der Waals surface area (Å²) in [6.45, 7) is 3.96. The molecule has 3 N–H and O–H groups in total. The summed E-state index contributed by atoms with van der Waals surface area (Å²) in [7, 11) is 0. The van der Waals surface area contributed by atoms with Crippen LogP contribution < -0.4 is 10.6 Å². The van der Waals surface area contributed by atoms with Gasteiger partial charge in [0.15, 0.2) is 5.65 Å². The standard InChI is InChI=1S/C16H15ClFN5O/c1-8(2)20-16-22-13-10(5-6-19-14(13)23-16)15(24)21-9-3-4-12(18)11(17)7-9/h3-8H,1-2H3,(H,21,24)(H2,19,20,22,23). The molecule has 2 heterocycles. The Bertz CT molecular complexity index is 909. The fraction of sp³-hybridized carbons (Fsp3) is 0.188. The van der Waals surface area contributed by atoms with Gasteiger partial charge in [-0.25, -0.2) is 9.37 Å². The predicted octanol–water partition coefficient (Wildman–Crippen LogP) is 3.82. The fourth-order valence-corrected chi connectivity index (χ4v) is 2.39. The minimum absolute atomic E-state index is 0.0577. The Morgan fingerprint density at radius 3 is 2.83 bits per heavy atom. The first-order chi connectivity index (χ1) is 11.4. The van der Waals surface area contributed by atoms with Gasteiger partial charge in [-0.1, -0.05) is 11.6 Å². The summed E-state index contributed by atoms with van der Waals surface area (Å²) >= 11 is 5.73. The molecule has 0 radical (unpaired) electrons. The topological polar surface area (TPSA) is 82.7 Å². The maximum Gasteiger partial charge on any atom is 0.257 e. The molecule has 3 aromatic rings. The van der Waals surface area contributed by atoms with Crippen molar-refractivity contribution in [1.29, 1.82) is 0 Å². The number of halogens is 2. The first kappa shape index (κ1) is 16.2. The molecule has 0 spiro atoms. The van der Waals surface area contributed by atoms with Gasteiger partial charge in [-0.05, 0) is 38.1 Å². The smallest absolute Gasteiger partial charge is 0.257 e. The van der Waals surface area contributed by atoms with Gasteiger partial charge in [-0.15, -0.1) is 0 Å². The van der Waals surface area contributed by atoms with Crippen molar-refractivity contribution in [3.63, 3.8) is 0 Å². The van der Waals surface area contributed by atoms with E-state index in [2.05, 4.69) is 25.6 Å². The molecule has 0 saturated carbocycles. The summed E-state index contributed by atoms with van der Waals surface area (Å²) in [6, 6.07) is 5.76. The summed E-state index contributed by atoms with van der Waals surface area (Å²) < 4.78 is 13.2. The van der Waals surface area contributed by atoms with E-state index in [1.165, 1.54) is 24.4 Å². The van der Waals surface area contributed by atoms with Crippen molar-refractivity contribution < 1.29 is 9.18 Å². The zero-order valence-corrected chi connectivity index (χ0v) is 13.8. The molecule has 0 aliphatic heterocycles. The Morgan fingerprint density at radius 1 is 1.33 bits per heavy atom. The Hall–Kier alpha value is -2.67. The minimum Gasteiger partial charge on any atom is -0.354 e. The van der Waals surface area contributed by atoms with Crippen molar-refractivity contribution >= 4 is 40.3 Å². The van der Waals surface area contributed by atoms with Gasteiger partial charge in [-0.3, -0.25) is 4.79 Å². The van der Waals surface area contributed by atoms with Crippen molar-refractivity contribution in [1.82, 2.24) is 15.0 Å². The lowest BCUT2D eigenvalue weighted by Gasteiger charge is -2.07. The summed E-state index contributed by atoms with van der Waals surface area (Å²) in [5.41, 5.74) is 1.73. The Balaban J connectivity index is 1.91. The second-order valence-electron chi connectivity index (χ2n) is 5.52.